The van der Waals surface area contributed by atoms with Gasteiger partial charge in [0.05, 0.1) is 11.7 Å². The van der Waals surface area contributed by atoms with Crippen LogP contribution in [0.2, 0.25) is 0 Å². The number of amides is 1. The van der Waals surface area contributed by atoms with E-state index in [2.05, 4.69) is 16.3 Å². The minimum absolute atomic E-state index is 0.167. The van der Waals surface area contributed by atoms with Crippen LogP contribution in [-0.2, 0) is 4.79 Å². The molecule has 2 aliphatic heterocycles. The molecule has 2 heterocycles. The molecular formula is C9H17N5O3. The van der Waals surface area contributed by atoms with Crippen molar-refractivity contribution < 1.29 is 14.7 Å². The number of rotatable bonds is 2. The van der Waals surface area contributed by atoms with Crippen LogP contribution < -0.4 is 22.0 Å². The van der Waals surface area contributed by atoms with Gasteiger partial charge in [-0.1, -0.05) is 0 Å². The summed E-state index contributed by atoms with van der Waals surface area (Å²) in [5.41, 5.74) is 10.6. The summed E-state index contributed by atoms with van der Waals surface area (Å²) in [6, 6.07) is 0.167. The van der Waals surface area contributed by atoms with Crippen molar-refractivity contribution in [3.05, 3.63) is 11.9 Å². The van der Waals surface area contributed by atoms with Crippen LogP contribution in [0.3, 0.4) is 0 Å². The van der Waals surface area contributed by atoms with E-state index in [1.807, 2.05) is 0 Å². The van der Waals surface area contributed by atoms with Crippen molar-refractivity contribution in [1.29, 1.82) is 0 Å². The van der Waals surface area contributed by atoms with Crippen LogP contribution in [0.5, 0.6) is 0 Å². The largest absolute Gasteiger partial charge is 0.464 e. The zero-order valence-corrected chi connectivity index (χ0v) is 9.35. The lowest BCUT2D eigenvalue weighted by Crippen LogP contribution is -2.42. The summed E-state index contributed by atoms with van der Waals surface area (Å²) < 4.78 is 0. The maximum absolute atomic E-state index is 10.3. The summed E-state index contributed by atoms with van der Waals surface area (Å²) in [6.45, 7) is 1.20. The number of carbonyl (C=O) groups excluding carboxylic acids is 1. The number of carboxylic acid groups (broad SMARTS) is 1. The number of hydrazine groups is 2. The average Bonchev–Trinajstić information content (AvgIpc) is 3.00. The van der Waals surface area contributed by atoms with E-state index >= 15 is 0 Å². The Kier molecular flexibility index (Phi) is 5.40. The number of hydrogen-bond donors (Lipinski definition) is 5. The molecule has 2 aliphatic rings. The molecule has 0 spiro atoms. The molecule has 1 amide bonds. The van der Waals surface area contributed by atoms with E-state index in [9.17, 15) is 9.59 Å². The fraction of sp³-hybridized carbons (Fsp3) is 0.556. The van der Waals surface area contributed by atoms with E-state index in [0.717, 1.165) is 30.7 Å². The first-order valence-electron chi connectivity index (χ1n) is 5.31. The van der Waals surface area contributed by atoms with Gasteiger partial charge in [0, 0.05) is 12.7 Å². The molecule has 1 fully saturated rings. The lowest BCUT2D eigenvalue weighted by atomic mass is 10.2. The van der Waals surface area contributed by atoms with Crippen LogP contribution >= 0.6 is 0 Å². The number of hydrogen-bond acceptors (Lipinski definition) is 6. The van der Waals surface area contributed by atoms with Crippen molar-refractivity contribution in [3.63, 3.8) is 0 Å². The Morgan fingerprint density at radius 1 is 1.71 bits per heavy atom. The lowest BCUT2D eigenvalue weighted by molar-refractivity contribution is -0.109. The Labute approximate surface area is 98.8 Å². The number of carbonyl (C=O) groups is 2. The molecule has 8 nitrogen and oxygen atoms in total. The third-order valence-electron chi connectivity index (χ3n) is 2.37. The van der Waals surface area contributed by atoms with Gasteiger partial charge >= 0.3 is 6.09 Å². The highest BCUT2D eigenvalue weighted by Crippen LogP contribution is 2.01. The second-order valence-corrected chi connectivity index (χ2v) is 3.55. The molecule has 0 aromatic rings. The first kappa shape index (κ1) is 13.4. The van der Waals surface area contributed by atoms with Crippen LogP contribution in [0.15, 0.2) is 11.9 Å². The number of nitrogens with zero attached hydrogens (tertiary/aromatic N) is 1. The molecule has 0 bridgehead atoms. The second kappa shape index (κ2) is 6.84. The third-order valence-corrected chi connectivity index (χ3v) is 2.37. The quantitative estimate of drug-likeness (QED) is 0.383. The molecule has 0 aromatic heterocycles. The molecule has 96 valence electrons. The molecule has 8 heteroatoms. The van der Waals surface area contributed by atoms with Crippen molar-refractivity contribution in [2.45, 2.75) is 18.9 Å². The van der Waals surface area contributed by atoms with E-state index in [1.165, 1.54) is 6.20 Å². The summed E-state index contributed by atoms with van der Waals surface area (Å²) in [5, 5.41) is 12.4. The van der Waals surface area contributed by atoms with Crippen LogP contribution in [0.25, 0.3) is 0 Å². The zero-order chi connectivity index (χ0) is 12.7. The normalized spacial score (nSPS) is 22.3. The smallest absolute Gasteiger partial charge is 0.427 e. The highest BCUT2D eigenvalue weighted by molar-refractivity contribution is 5.67. The fourth-order valence-corrected chi connectivity index (χ4v) is 1.47. The molecule has 1 unspecified atom stereocenters. The Hall–Kier alpha value is -1.64. The van der Waals surface area contributed by atoms with Crippen molar-refractivity contribution in [1.82, 2.24) is 21.3 Å². The van der Waals surface area contributed by atoms with Crippen LogP contribution in [0, 0.1) is 0 Å². The first-order chi connectivity index (χ1) is 8.19. The third kappa shape index (κ3) is 4.02. The molecule has 17 heavy (non-hydrogen) atoms. The van der Waals surface area contributed by atoms with Gasteiger partial charge < -0.3 is 26.4 Å². The van der Waals surface area contributed by atoms with Gasteiger partial charge in [0.1, 0.15) is 6.29 Å². The van der Waals surface area contributed by atoms with Crippen molar-refractivity contribution >= 4 is 12.4 Å². The van der Waals surface area contributed by atoms with Gasteiger partial charge in [-0.25, -0.2) is 4.79 Å². The molecule has 1 atom stereocenters. The molecule has 1 saturated heterocycles. The Morgan fingerprint density at radius 2 is 2.47 bits per heavy atom. The van der Waals surface area contributed by atoms with Crippen molar-refractivity contribution in [2.24, 2.45) is 5.73 Å². The first-order valence-corrected chi connectivity index (χ1v) is 5.31. The Bertz CT molecular complexity index is 301. The molecule has 0 saturated carbocycles. The summed E-state index contributed by atoms with van der Waals surface area (Å²) >= 11 is 0. The monoisotopic (exact) mass is 243 g/mol. The van der Waals surface area contributed by atoms with Gasteiger partial charge in [-0.2, -0.15) is 5.01 Å². The van der Waals surface area contributed by atoms with E-state index < -0.39 is 6.09 Å². The predicted octanol–water partition coefficient (Wildman–Crippen LogP) is -1.27. The Morgan fingerprint density at radius 3 is 2.82 bits per heavy atom. The van der Waals surface area contributed by atoms with E-state index in [1.54, 1.807) is 0 Å². The standard InChI is InChI=1S/C5H9NO.C4H8N4O2/c7-4-5-2-1-3-6-5;5-1-3-2-6-7-8(3)4(9)10/h4-6H,1-3H2;2,6-7H,1,5H2,(H,9,10). The summed E-state index contributed by atoms with van der Waals surface area (Å²) in [5.74, 6) is 0. The molecular weight excluding hydrogens is 226 g/mol. The maximum atomic E-state index is 10.3. The molecule has 6 N–H and O–H groups in total. The van der Waals surface area contributed by atoms with Crippen molar-refractivity contribution in [3.8, 4) is 0 Å². The van der Waals surface area contributed by atoms with Gasteiger partial charge in [0.15, 0.2) is 0 Å². The topological polar surface area (TPSA) is 120 Å². The second-order valence-electron chi connectivity index (χ2n) is 3.55. The SMILES string of the molecule is NCC1=CNNN1C(=O)O.O=CC1CCCN1. The van der Waals surface area contributed by atoms with Gasteiger partial charge in [-0.3, -0.25) is 0 Å². The number of aldehydes is 1. The number of nitrogens with one attached hydrogen (secondary N) is 3. The summed E-state index contributed by atoms with van der Waals surface area (Å²) in [6.07, 6.45) is 3.58. The van der Waals surface area contributed by atoms with Gasteiger partial charge in [0.25, 0.3) is 0 Å². The molecule has 0 aromatic carbocycles. The minimum Gasteiger partial charge on any atom is -0.464 e. The number of nitrogens with two attached hydrogens (primary N) is 1. The van der Waals surface area contributed by atoms with E-state index in [0.29, 0.717) is 5.70 Å². The van der Waals surface area contributed by atoms with Gasteiger partial charge in [0.2, 0.25) is 0 Å². The van der Waals surface area contributed by atoms with Gasteiger partial charge in [-0.05, 0) is 19.4 Å². The maximum Gasteiger partial charge on any atom is 0.427 e. The fourth-order valence-electron chi connectivity index (χ4n) is 1.47. The lowest BCUT2D eigenvalue weighted by Gasteiger charge is -2.12. The highest BCUT2D eigenvalue weighted by Gasteiger charge is 2.18. The van der Waals surface area contributed by atoms with Crippen molar-refractivity contribution in [2.75, 3.05) is 13.1 Å². The average molecular weight is 243 g/mol. The predicted molar refractivity (Wildman–Crippen MR) is 60.4 cm³/mol. The minimum atomic E-state index is -1.08. The van der Waals surface area contributed by atoms with Crippen LogP contribution in [0.1, 0.15) is 12.8 Å². The highest BCUT2D eigenvalue weighted by atomic mass is 16.4. The van der Waals surface area contributed by atoms with Crippen LogP contribution in [-0.4, -0.2) is 41.6 Å². The van der Waals surface area contributed by atoms with Crippen LogP contribution in [0.4, 0.5) is 4.79 Å². The zero-order valence-electron chi connectivity index (χ0n) is 9.35. The molecule has 2 rings (SSSR count). The van der Waals surface area contributed by atoms with E-state index in [-0.39, 0.29) is 12.6 Å². The molecule has 0 aliphatic carbocycles. The summed E-state index contributed by atoms with van der Waals surface area (Å²) in [7, 11) is 0. The summed E-state index contributed by atoms with van der Waals surface area (Å²) in [4.78, 5) is 20.2. The van der Waals surface area contributed by atoms with E-state index in [4.69, 9.17) is 10.8 Å². The molecule has 0 radical (unpaired) electrons. The Balaban J connectivity index is 0.000000181. The van der Waals surface area contributed by atoms with Gasteiger partial charge in [-0.15, -0.1) is 5.53 Å².